The highest BCUT2D eigenvalue weighted by atomic mass is 15.2. The van der Waals surface area contributed by atoms with Gasteiger partial charge in [-0.05, 0) is 36.1 Å². The van der Waals surface area contributed by atoms with Crippen LogP contribution >= 0.6 is 0 Å². The minimum Gasteiger partial charge on any atom is -0.339 e. The van der Waals surface area contributed by atoms with Crippen LogP contribution in [-0.4, -0.2) is 41.5 Å². The molecule has 0 saturated heterocycles. The van der Waals surface area contributed by atoms with Crippen molar-refractivity contribution in [3.05, 3.63) is 59.7 Å². The molecule has 0 fully saturated rings. The summed E-state index contributed by atoms with van der Waals surface area (Å²) in [5, 5.41) is 7.10. The molecular weight excluding hydrogens is 296 g/mol. The molecule has 0 aliphatic heterocycles. The molecule has 24 heavy (non-hydrogen) atoms. The van der Waals surface area contributed by atoms with Crippen LogP contribution in [0.15, 0.2) is 48.5 Å². The molecule has 2 aromatic carbocycles. The molecule has 130 valence electrons. The van der Waals surface area contributed by atoms with Gasteiger partial charge in [-0.3, -0.25) is 0 Å². The van der Waals surface area contributed by atoms with E-state index in [0.717, 1.165) is 26.2 Å². The number of nitrogens with one attached hydrogen (secondary N) is 4. The first kappa shape index (κ1) is 18.3. The second kappa shape index (κ2) is 9.30. The molecule has 0 bridgehead atoms. The van der Waals surface area contributed by atoms with E-state index in [-0.39, 0.29) is 0 Å². The van der Waals surface area contributed by atoms with Crippen molar-refractivity contribution in [2.24, 2.45) is 0 Å². The monoisotopic (exact) mass is 328 g/mol. The van der Waals surface area contributed by atoms with E-state index in [9.17, 15) is 0 Å². The van der Waals surface area contributed by atoms with Gasteiger partial charge >= 0.3 is 0 Å². The van der Waals surface area contributed by atoms with Gasteiger partial charge in [0.1, 0.15) is 13.3 Å². The Hall–Kier alpha value is -2.04. The SMILES string of the molecule is C[NH+](C)CNc1ccccc1CCc1ccccc1NC[NH+](C)C. The summed E-state index contributed by atoms with van der Waals surface area (Å²) in [6.45, 7) is 1.86. The topological polar surface area (TPSA) is 32.9 Å². The molecule has 0 heterocycles. The zero-order chi connectivity index (χ0) is 17.4. The van der Waals surface area contributed by atoms with Crippen LogP contribution in [0.25, 0.3) is 0 Å². The van der Waals surface area contributed by atoms with Gasteiger partial charge in [0.15, 0.2) is 0 Å². The summed E-state index contributed by atoms with van der Waals surface area (Å²) in [6.07, 6.45) is 2.08. The molecule has 0 spiro atoms. The fraction of sp³-hybridized carbons (Fsp3) is 0.400. The maximum Gasteiger partial charge on any atom is 0.150 e. The molecule has 0 aliphatic carbocycles. The average molecular weight is 329 g/mol. The van der Waals surface area contributed by atoms with E-state index in [4.69, 9.17) is 0 Å². The van der Waals surface area contributed by atoms with Crippen LogP contribution in [0.2, 0.25) is 0 Å². The maximum atomic E-state index is 3.55. The fourth-order valence-corrected chi connectivity index (χ4v) is 2.63. The van der Waals surface area contributed by atoms with Crippen LogP contribution in [0.4, 0.5) is 11.4 Å². The summed E-state index contributed by atoms with van der Waals surface area (Å²) in [5.41, 5.74) is 5.27. The first-order chi connectivity index (χ1) is 11.6. The number of benzene rings is 2. The number of quaternary nitrogens is 2. The molecule has 0 aromatic heterocycles. The quantitative estimate of drug-likeness (QED) is 0.506. The smallest absolute Gasteiger partial charge is 0.150 e. The zero-order valence-electron chi connectivity index (χ0n) is 15.4. The van der Waals surface area contributed by atoms with E-state index >= 15 is 0 Å². The molecule has 0 radical (unpaired) electrons. The van der Waals surface area contributed by atoms with Crippen molar-refractivity contribution in [3.63, 3.8) is 0 Å². The van der Waals surface area contributed by atoms with Crippen LogP contribution in [0, 0.1) is 0 Å². The molecule has 0 aliphatic rings. The van der Waals surface area contributed by atoms with Gasteiger partial charge in [0.05, 0.1) is 28.2 Å². The van der Waals surface area contributed by atoms with Gasteiger partial charge in [0, 0.05) is 11.4 Å². The third-order valence-corrected chi connectivity index (χ3v) is 3.96. The maximum absolute atomic E-state index is 3.55. The third kappa shape index (κ3) is 5.87. The Morgan fingerprint density at radius 3 is 1.38 bits per heavy atom. The fourth-order valence-electron chi connectivity index (χ4n) is 2.63. The highest BCUT2D eigenvalue weighted by Crippen LogP contribution is 2.20. The Labute approximate surface area is 146 Å². The van der Waals surface area contributed by atoms with Crippen LogP contribution < -0.4 is 20.4 Å². The normalized spacial score (nSPS) is 11.1. The first-order valence-electron chi connectivity index (χ1n) is 8.78. The summed E-state index contributed by atoms with van der Waals surface area (Å²) in [7, 11) is 8.63. The summed E-state index contributed by atoms with van der Waals surface area (Å²) in [6, 6.07) is 17.3. The lowest BCUT2D eigenvalue weighted by Gasteiger charge is -2.16. The minimum atomic E-state index is 0.931. The predicted molar refractivity (Wildman–Crippen MR) is 103 cm³/mol. The third-order valence-electron chi connectivity index (χ3n) is 3.96. The highest BCUT2D eigenvalue weighted by Gasteiger charge is 2.06. The summed E-state index contributed by atoms with van der Waals surface area (Å²) >= 11 is 0. The Morgan fingerprint density at radius 2 is 1.00 bits per heavy atom. The van der Waals surface area contributed by atoms with Crippen molar-refractivity contribution in [2.75, 3.05) is 52.2 Å². The van der Waals surface area contributed by atoms with E-state index in [1.165, 1.54) is 32.3 Å². The van der Waals surface area contributed by atoms with E-state index in [1.807, 2.05) is 0 Å². The number of aryl methyl sites for hydroxylation is 2. The van der Waals surface area contributed by atoms with Crippen LogP contribution in [0.3, 0.4) is 0 Å². The first-order valence-corrected chi connectivity index (χ1v) is 8.78. The molecule has 0 atom stereocenters. The van der Waals surface area contributed by atoms with Gasteiger partial charge in [-0.1, -0.05) is 36.4 Å². The molecular formula is C20H32N4+2. The summed E-state index contributed by atoms with van der Waals surface area (Å²) in [5.74, 6) is 0. The van der Waals surface area contributed by atoms with E-state index in [2.05, 4.69) is 87.4 Å². The van der Waals surface area contributed by atoms with E-state index in [0.29, 0.717) is 0 Å². The molecule has 0 unspecified atom stereocenters. The van der Waals surface area contributed by atoms with Crippen molar-refractivity contribution in [1.29, 1.82) is 0 Å². The lowest BCUT2D eigenvalue weighted by molar-refractivity contribution is -0.854. The second-order valence-electron chi connectivity index (χ2n) is 6.94. The van der Waals surface area contributed by atoms with Gasteiger partial charge < -0.3 is 20.4 Å². The van der Waals surface area contributed by atoms with Gasteiger partial charge in [0.25, 0.3) is 0 Å². The second-order valence-corrected chi connectivity index (χ2v) is 6.94. The Balaban J connectivity index is 2.03. The zero-order valence-corrected chi connectivity index (χ0v) is 15.4. The van der Waals surface area contributed by atoms with Crippen LogP contribution in [0.1, 0.15) is 11.1 Å². The van der Waals surface area contributed by atoms with E-state index in [1.54, 1.807) is 0 Å². The number of rotatable bonds is 9. The van der Waals surface area contributed by atoms with Crippen molar-refractivity contribution < 1.29 is 9.80 Å². The number of hydrogen-bond donors (Lipinski definition) is 4. The summed E-state index contributed by atoms with van der Waals surface area (Å²) < 4.78 is 0. The van der Waals surface area contributed by atoms with Gasteiger partial charge in [-0.2, -0.15) is 0 Å². The van der Waals surface area contributed by atoms with Crippen molar-refractivity contribution in [1.82, 2.24) is 0 Å². The highest BCUT2D eigenvalue weighted by molar-refractivity contribution is 5.53. The largest absolute Gasteiger partial charge is 0.339 e. The number of para-hydroxylation sites is 2. The summed E-state index contributed by atoms with van der Waals surface area (Å²) in [4.78, 5) is 2.79. The van der Waals surface area contributed by atoms with Gasteiger partial charge in [-0.15, -0.1) is 0 Å². The standard InChI is InChI=1S/C20H30N4/c1-23(2)15-21-19-11-7-5-9-17(19)13-14-18-10-6-8-12-20(18)22-16-24(3)4/h5-12,21-22H,13-16H2,1-4H3/p+2. The molecule has 2 rings (SSSR count). The molecule has 4 nitrogen and oxygen atoms in total. The molecule has 4 heteroatoms. The minimum absolute atomic E-state index is 0.931. The molecule has 0 amide bonds. The van der Waals surface area contributed by atoms with Crippen LogP contribution in [0.5, 0.6) is 0 Å². The van der Waals surface area contributed by atoms with Crippen molar-refractivity contribution in [2.45, 2.75) is 12.8 Å². The number of hydrogen-bond acceptors (Lipinski definition) is 2. The van der Waals surface area contributed by atoms with Crippen molar-refractivity contribution in [3.8, 4) is 0 Å². The lowest BCUT2D eigenvalue weighted by Crippen LogP contribution is -3.06. The number of anilines is 2. The Morgan fingerprint density at radius 1 is 0.625 bits per heavy atom. The molecule has 2 aromatic rings. The average Bonchev–Trinajstić information content (AvgIpc) is 2.57. The van der Waals surface area contributed by atoms with Gasteiger partial charge in [-0.25, -0.2) is 0 Å². The molecule has 4 N–H and O–H groups in total. The predicted octanol–water partition coefficient (Wildman–Crippen LogP) is 0.500. The van der Waals surface area contributed by atoms with E-state index < -0.39 is 0 Å². The molecule has 0 saturated carbocycles. The Kier molecular flexibility index (Phi) is 7.09. The lowest BCUT2D eigenvalue weighted by atomic mass is 10.0. The van der Waals surface area contributed by atoms with Gasteiger partial charge in [0.2, 0.25) is 0 Å². The van der Waals surface area contributed by atoms with Crippen LogP contribution in [-0.2, 0) is 12.8 Å². The Bertz CT molecular complexity index is 567. The van der Waals surface area contributed by atoms with Crippen molar-refractivity contribution >= 4 is 11.4 Å².